The highest BCUT2D eigenvalue weighted by Gasteiger charge is 1.99. The molecule has 1 N–H and O–H groups in total. The number of hydrogen-bond donors (Lipinski definition) is 1. The fraction of sp³-hybridized carbons (Fsp3) is 0.294. The molecule has 2 aromatic rings. The second kappa shape index (κ2) is 9.06. The van der Waals surface area contributed by atoms with Gasteiger partial charge < -0.3 is 10.1 Å². The number of rotatable bonds is 8. The Kier molecular flexibility index (Phi) is 7.04. The molecule has 0 unspecified atom stereocenters. The van der Waals surface area contributed by atoms with Gasteiger partial charge in [-0.25, -0.2) is 0 Å². The Balaban J connectivity index is 1.55. The maximum absolute atomic E-state index is 5.96. The standard InChI is InChI=1S/C17H19Cl2NO/c18-16-8-7-15(11-17(16)19)13-21-10-4-9-20-12-14-5-2-1-3-6-14/h1-3,5-8,11,20H,4,9-10,12-13H2. The smallest absolute Gasteiger partial charge is 0.0717 e. The summed E-state index contributed by atoms with van der Waals surface area (Å²) in [6.45, 7) is 3.13. The maximum atomic E-state index is 5.96. The van der Waals surface area contributed by atoms with Crippen LogP contribution in [0.5, 0.6) is 0 Å². The minimum atomic E-state index is 0.565. The first-order chi connectivity index (χ1) is 10.3. The van der Waals surface area contributed by atoms with Gasteiger partial charge in [0.15, 0.2) is 0 Å². The highest BCUT2D eigenvalue weighted by Crippen LogP contribution is 2.22. The summed E-state index contributed by atoms with van der Waals surface area (Å²) in [7, 11) is 0. The van der Waals surface area contributed by atoms with Gasteiger partial charge in [-0.3, -0.25) is 0 Å². The fourth-order valence-corrected chi connectivity index (χ4v) is 2.27. The molecule has 2 aromatic carbocycles. The Labute approximate surface area is 136 Å². The van der Waals surface area contributed by atoms with Crippen molar-refractivity contribution in [2.75, 3.05) is 13.2 Å². The number of ether oxygens (including phenoxy) is 1. The Morgan fingerprint density at radius 1 is 0.905 bits per heavy atom. The van der Waals surface area contributed by atoms with Crippen LogP contribution in [0.1, 0.15) is 17.5 Å². The van der Waals surface area contributed by atoms with Crippen LogP contribution in [0, 0.1) is 0 Å². The molecule has 0 aromatic heterocycles. The zero-order chi connectivity index (χ0) is 14.9. The van der Waals surface area contributed by atoms with Gasteiger partial charge in [0.05, 0.1) is 16.7 Å². The van der Waals surface area contributed by atoms with E-state index in [4.69, 9.17) is 27.9 Å². The Morgan fingerprint density at radius 3 is 2.48 bits per heavy atom. The maximum Gasteiger partial charge on any atom is 0.0717 e. The molecule has 0 radical (unpaired) electrons. The molecule has 0 aliphatic rings. The van der Waals surface area contributed by atoms with Crippen LogP contribution in [-0.2, 0) is 17.9 Å². The molecule has 0 heterocycles. The summed E-state index contributed by atoms with van der Waals surface area (Å²) in [6, 6.07) is 15.9. The first-order valence-electron chi connectivity index (χ1n) is 7.02. The van der Waals surface area contributed by atoms with Crippen LogP contribution in [0.25, 0.3) is 0 Å². The van der Waals surface area contributed by atoms with Crippen molar-refractivity contribution in [1.82, 2.24) is 5.32 Å². The summed E-state index contributed by atoms with van der Waals surface area (Å²) >= 11 is 11.8. The van der Waals surface area contributed by atoms with E-state index in [9.17, 15) is 0 Å². The van der Waals surface area contributed by atoms with Gasteiger partial charge in [0.25, 0.3) is 0 Å². The van der Waals surface area contributed by atoms with Gasteiger partial charge in [-0.1, -0.05) is 59.6 Å². The van der Waals surface area contributed by atoms with Crippen LogP contribution in [-0.4, -0.2) is 13.2 Å². The van der Waals surface area contributed by atoms with E-state index in [0.29, 0.717) is 16.7 Å². The molecule has 0 saturated carbocycles. The number of benzene rings is 2. The third kappa shape index (κ3) is 6.06. The van der Waals surface area contributed by atoms with Crippen LogP contribution >= 0.6 is 23.2 Å². The molecular formula is C17H19Cl2NO. The first kappa shape index (κ1) is 16.3. The second-order valence-corrected chi connectivity index (χ2v) is 5.63. The molecule has 21 heavy (non-hydrogen) atoms. The predicted octanol–water partition coefficient (Wildman–Crippen LogP) is 4.69. The van der Waals surface area contributed by atoms with E-state index in [0.717, 1.165) is 31.7 Å². The lowest BCUT2D eigenvalue weighted by atomic mass is 10.2. The average molecular weight is 324 g/mol. The Morgan fingerprint density at radius 2 is 1.71 bits per heavy atom. The number of halogens is 2. The van der Waals surface area contributed by atoms with Crippen molar-refractivity contribution in [3.63, 3.8) is 0 Å². The molecule has 2 nitrogen and oxygen atoms in total. The Bertz CT molecular complexity index is 546. The molecule has 0 amide bonds. The van der Waals surface area contributed by atoms with Crippen LogP contribution in [0.2, 0.25) is 10.0 Å². The molecule has 0 saturated heterocycles. The molecule has 0 spiro atoms. The molecule has 0 aliphatic carbocycles. The van der Waals surface area contributed by atoms with Crippen LogP contribution in [0.15, 0.2) is 48.5 Å². The summed E-state index contributed by atoms with van der Waals surface area (Å²) in [6.07, 6.45) is 0.980. The monoisotopic (exact) mass is 323 g/mol. The Hall–Kier alpha value is -1.06. The van der Waals surface area contributed by atoms with E-state index in [-0.39, 0.29) is 0 Å². The van der Waals surface area contributed by atoms with Gasteiger partial charge >= 0.3 is 0 Å². The van der Waals surface area contributed by atoms with Crippen molar-refractivity contribution >= 4 is 23.2 Å². The molecule has 0 aliphatic heterocycles. The third-order valence-corrected chi connectivity index (χ3v) is 3.81. The van der Waals surface area contributed by atoms with Crippen molar-refractivity contribution in [3.8, 4) is 0 Å². The molecule has 112 valence electrons. The van der Waals surface area contributed by atoms with Crippen molar-refractivity contribution in [1.29, 1.82) is 0 Å². The predicted molar refractivity (Wildman–Crippen MR) is 88.9 cm³/mol. The van der Waals surface area contributed by atoms with Gasteiger partial charge in [0.2, 0.25) is 0 Å². The lowest BCUT2D eigenvalue weighted by Crippen LogP contribution is -2.16. The summed E-state index contributed by atoms with van der Waals surface area (Å²) in [5.41, 5.74) is 2.34. The molecule has 0 atom stereocenters. The van der Waals surface area contributed by atoms with Crippen molar-refractivity contribution in [2.24, 2.45) is 0 Å². The van der Waals surface area contributed by atoms with E-state index in [1.165, 1.54) is 5.56 Å². The second-order valence-electron chi connectivity index (χ2n) is 4.82. The summed E-state index contributed by atoms with van der Waals surface area (Å²) in [5, 5.41) is 4.54. The zero-order valence-corrected chi connectivity index (χ0v) is 13.3. The topological polar surface area (TPSA) is 21.3 Å². The largest absolute Gasteiger partial charge is 0.377 e. The van der Waals surface area contributed by atoms with Crippen molar-refractivity contribution in [3.05, 3.63) is 69.7 Å². The van der Waals surface area contributed by atoms with E-state index in [1.54, 1.807) is 6.07 Å². The molecule has 0 bridgehead atoms. The third-order valence-electron chi connectivity index (χ3n) is 3.07. The number of hydrogen-bond acceptors (Lipinski definition) is 2. The minimum absolute atomic E-state index is 0.565. The SMILES string of the molecule is Clc1ccc(COCCCNCc2ccccc2)cc1Cl. The quantitative estimate of drug-likeness (QED) is 0.711. The average Bonchev–Trinajstić information content (AvgIpc) is 2.51. The number of nitrogens with one attached hydrogen (secondary N) is 1. The van der Waals surface area contributed by atoms with Crippen LogP contribution in [0.4, 0.5) is 0 Å². The van der Waals surface area contributed by atoms with Gasteiger partial charge in [0, 0.05) is 13.2 Å². The van der Waals surface area contributed by atoms with Gasteiger partial charge in [0.1, 0.15) is 0 Å². The van der Waals surface area contributed by atoms with Gasteiger partial charge in [-0.05, 0) is 36.2 Å². The highest BCUT2D eigenvalue weighted by molar-refractivity contribution is 6.42. The normalized spacial score (nSPS) is 10.8. The van der Waals surface area contributed by atoms with E-state index in [2.05, 4.69) is 29.6 Å². The highest BCUT2D eigenvalue weighted by atomic mass is 35.5. The van der Waals surface area contributed by atoms with Crippen molar-refractivity contribution in [2.45, 2.75) is 19.6 Å². The lowest BCUT2D eigenvalue weighted by Gasteiger charge is -2.07. The zero-order valence-electron chi connectivity index (χ0n) is 11.8. The molecule has 4 heteroatoms. The minimum Gasteiger partial charge on any atom is -0.377 e. The van der Waals surface area contributed by atoms with Gasteiger partial charge in [-0.2, -0.15) is 0 Å². The summed E-state index contributed by atoms with van der Waals surface area (Å²) < 4.78 is 5.63. The first-order valence-corrected chi connectivity index (χ1v) is 7.77. The molecular weight excluding hydrogens is 305 g/mol. The van der Waals surface area contributed by atoms with Crippen molar-refractivity contribution < 1.29 is 4.74 Å². The molecule has 0 fully saturated rings. The lowest BCUT2D eigenvalue weighted by molar-refractivity contribution is 0.118. The summed E-state index contributed by atoms with van der Waals surface area (Å²) in [4.78, 5) is 0. The summed E-state index contributed by atoms with van der Waals surface area (Å²) in [5.74, 6) is 0. The van der Waals surface area contributed by atoms with Crippen LogP contribution < -0.4 is 5.32 Å². The van der Waals surface area contributed by atoms with E-state index < -0.39 is 0 Å². The van der Waals surface area contributed by atoms with Gasteiger partial charge in [-0.15, -0.1) is 0 Å². The van der Waals surface area contributed by atoms with E-state index in [1.807, 2.05) is 18.2 Å². The van der Waals surface area contributed by atoms with E-state index >= 15 is 0 Å². The fourth-order valence-electron chi connectivity index (χ4n) is 1.95. The van der Waals surface area contributed by atoms with Crippen LogP contribution in [0.3, 0.4) is 0 Å². The molecule has 2 rings (SSSR count).